The van der Waals surface area contributed by atoms with Crippen LogP contribution in [0.5, 0.6) is 0 Å². The van der Waals surface area contributed by atoms with E-state index in [2.05, 4.69) is 33.4 Å². The molecule has 1 aliphatic rings. The highest BCUT2D eigenvalue weighted by Crippen LogP contribution is 2.23. The molecule has 3 rings (SSSR count). The summed E-state index contributed by atoms with van der Waals surface area (Å²) in [5, 5.41) is 12.7. The fourth-order valence-corrected chi connectivity index (χ4v) is 4.26. The number of rotatable bonds is 8. The zero-order chi connectivity index (χ0) is 22.2. The van der Waals surface area contributed by atoms with Crippen molar-refractivity contribution in [2.75, 3.05) is 32.0 Å². The number of carbonyl (C=O) groups is 2. The average Bonchev–Trinajstić information content (AvgIpc) is 2.77. The molecule has 1 aromatic carbocycles. The van der Waals surface area contributed by atoms with E-state index >= 15 is 0 Å². The number of pyridine rings is 1. The first-order valence-corrected chi connectivity index (χ1v) is 11.1. The first-order valence-electron chi connectivity index (χ1n) is 10.2. The summed E-state index contributed by atoms with van der Waals surface area (Å²) in [7, 11) is 0. The maximum absolute atomic E-state index is 12.3. The average molecular weight is 439 g/mol. The number of thioether (sulfide) groups is 1. The van der Waals surface area contributed by atoms with E-state index in [1.165, 1.54) is 24.2 Å². The first kappa shape index (κ1) is 22.9. The van der Waals surface area contributed by atoms with Crippen LogP contribution in [0, 0.1) is 18.3 Å². The third kappa shape index (κ3) is 6.62. The van der Waals surface area contributed by atoms with Crippen molar-refractivity contribution in [3.63, 3.8) is 0 Å². The first-order chi connectivity index (χ1) is 15.0. The van der Waals surface area contributed by atoms with Crippen molar-refractivity contribution in [2.45, 2.75) is 31.5 Å². The number of morpholine rings is 1. The van der Waals surface area contributed by atoms with Crippen molar-refractivity contribution >= 4 is 23.5 Å². The number of hydrogen-bond acceptors (Lipinski definition) is 7. The van der Waals surface area contributed by atoms with E-state index in [0.29, 0.717) is 35.0 Å². The van der Waals surface area contributed by atoms with E-state index in [9.17, 15) is 14.9 Å². The zero-order valence-electron chi connectivity index (χ0n) is 17.8. The van der Waals surface area contributed by atoms with Gasteiger partial charge in [0.1, 0.15) is 11.1 Å². The normalized spacial score (nSPS) is 16.5. The van der Waals surface area contributed by atoms with Gasteiger partial charge in [-0.15, -0.1) is 0 Å². The molecule has 7 nitrogen and oxygen atoms in total. The Bertz CT molecular complexity index is 975. The van der Waals surface area contributed by atoms with Crippen LogP contribution in [0.1, 0.15) is 34.1 Å². The van der Waals surface area contributed by atoms with Crippen LogP contribution in [-0.2, 0) is 16.1 Å². The molecule has 2 aromatic rings. The Morgan fingerprint density at radius 3 is 2.84 bits per heavy atom. The van der Waals surface area contributed by atoms with E-state index < -0.39 is 0 Å². The number of nitrogens with one attached hydrogen (secondary N) is 1. The SMILES string of the molecule is CC(=O)c1cc(C#N)c(SCC(=O)NCC2CN(Cc3ccccc3)CCO2)nc1C. The summed E-state index contributed by atoms with van der Waals surface area (Å²) in [5.74, 6) is -0.140. The van der Waals surface area contributed by atoms with E-state index in [1.807, 2.05) is 18.2 Å². The number of benzene rings is 1. The highest BCUT2D eigenvalue weighted by molar-refractivity contribution is 8.00. The van der Waals surface area contributed by atoms with Gasteiger partial charge in [0.05, 0.1) is 24.0 Å². The van der Waals surface area contributed by atoms with Gasteiger partial charge >= 0.3 is 0 Å². The van der Waals surface area contributed by atoms with Crippen molar-refractivity contribution < 1.29 is 14.3 Å². The molecule has 1 saturated heterocycles. The fraction of sp³-hybridized carbons (Fsp3) is 0.391. The number of aryl methyl sites for hydroxylation is 1. The van der Waals surface area contributed by atoms with Gasteiger partial charge < -0.3 is 10.1 Å². The van der Waals surface area contributed by atoms with Crippen molar-refractivity contribution in [2.24, 2.45) is 0 Å². The third-order valence-corrected chi connectivity index (χ3v) is 6.01. The molecule has 1 aliphatic heterocycles. The predicted octanol–water partition coefficient (Wildman–Crippen LogP) is 2.57. The van der Waals surface area contributed by atoms with E-state index in [0.717, 1.165) is 19.6 Å². The van der Waals surface area contributed by atoms with Crippen LogP contribution in [0.15, 0.2) is 41.4 Å². The van der Waals surface area contributed by atoms with E-state index in [4.69, 9.17) is 4.74 Å². The zero-order valence-corrected chi connectivity index (χ0v) is 18.6. The maximum atomic E-state index is 12.3. The topological polar surface area (TPSA) is 95.3 Å². The molecule has 0 radical (unpaired) electrons. The van der Waals surface area contributed by atoms with Crippen LogP contribution in [0.25, 0.3) is 0 Å². The standard InChI is InChI=1S/C23H26N4O3S/c1-16-21(17(2)28)10-19(11-24)23(26-16)31-15-22(29)25-12-20-14-27(8-9-30-20)13-18-6-4-3-5-7-18/h3-7,10,20H,8-9,12-15H2,1-2H3,(H,25,29). The molecule has 8 heteroatoms. The van der Waals surface area contributed by atoms with Gasteiger partial charge in [0.2, 0.25) is 5.91 Å². The highest BCUT2D eigenvalue weighted by Gasteiger charge is 2.21. The van der Waals surface area contributed by atoms with Gasteiger partial charge in [-0.05, 0) is 25.5 Å². The Hall–Kier alpha value is -2.73. The number of ketones is 1. The largest absolute Gasteiger partial charge is 0.374 e. The van der Waals surface area contributed by atoms with Gasteiger partial charge in [-0.2, -0.15) is 5.26 Å². The molecule has 1 unspecified atom stereocenters. The summed E-state index contributed by atoms with van der Waals surface area (Å²) in [5.41, 5.74) is 2.56. The van der Waals surface area contributed by atoms with Gasteiger partial charge in [0.15, 0.2) is 5.78 Å². The molecule has 1 amide bonds. The molecule has 31 heavy (non-hydrogen) atoms. The van der Waals surface area contributed by atoms with Gasteiger partial charge in [-0.25, -0.2) is 4.98 Å². The lowest BCUT2D eigenvalue weighted by Gasteiger charge is -2.33. The second-order valence-corrected chi connectivity index (χ2v) is 8.41. The minimum absolute atomic E-state index is 0.0590. The maximum Gasteiger partial charge on any atom is 0.230 e. The lowest BCUT2D eigenvalue weighted by atomic mass is 10.1. The second-order valence-electron chi connectivity index (χ2n) is 7.45. The molecular weight excluding hydrogens is 412 g/mol. The van der Waals surface area contributed by atoms with Gasteiger partial charge in [0, 0.05) is 37.4 Å². The minimum atomic E-state index is -0.146. The molecule has 0 saturated carbocycles. The summed E-state index contributed by atoms with van der Waals surface area (Å²) in [4.78, 5) is 30.6. The van der Waals surface area contributed by atoms with Crippen molar-refractivity contribution in [3.05, 3.63) is 58.8 Å². The van der Waals surface area contributed by atoms with Crippen molar-refractivity contribution in [1.82, 2.24) is 15.2 Å². The van der Waals surface area contributed by atoms with Crippen LogP contribution in [-0.4, -0.2) is 59.7 Å². The number of nitriles is 1. The molecule has 0 bridgehead atoms. The van der Waals surface area contributed by atoms with Crippen LogP contribution in [0.4, 0.5) is 0 Å². The summed E-state index contributed by atoms with van der Waals surface area (Å²) in [6.45, 7) is 6.73. The summed E-state index contributed by atoms with van der Waals surface area (Å²) < 4.78 is 5.80. The van der Waals surface area contributed by atoms with Gasteiger partial charge in [-0.3, -0.25) is 14.5 Å². The Labute approximate surface area is 186 Å². The number of amides is 1. The molecule has 0 aliphatic carbocycles. The van der Waals surface area contributed by atoms with Crippen LogP contribution >= 0.6 is 11.8 Å². The molecule has 1 fully saturated rings. The number of carbonyl (C=O) groups excluding carboxylic acids is 2. The van der Waals surface area contributed by atoms with Crippen LogP contribution < -0.4 is 5.32 Å². The summed E-state index contributed by atoms with van der Waals surface area (Å²) >= 11 is 1.20. The molecule has 1 N–H and O–H groups in total. The smallest absolute Gasteiger partial charge is 0.230 e. The third-order valence-electron chi connectivity index (χ3n) is 5.02. The van der Waals surface area contributed by atoms with Crippen LogP contribution in [0.2, 0.25) is 0 Å². The highest BCUT2D eigenvalue weighted by atomic mass is 32.2. The Morgan fingerprint density at radius 2 is 2.13 bits per heavy atom. The molecule has 0 spiro atoms. The van der Waals surface area contributed by atoms with Crippen LogP contribution in [0.3, 0.4) is 0 Å². The Balaban J connectivity index is 1.47. The number of hydrogen-bond donors (Lipinski definition) is 1. The lowest BCUT2D eigenvalue weighted by Crippen LogP contribution is -2.47. The molecule has 1 aromatic heterocycles. The fourth-order valence-electron chi connectivity index (χ4n) is 3.43. The second kappa shape index (κ2) is 11.0. The lowest BCUT2D eigenvalue weighted by molar-refractivity contribution is -0.119. The van der Waals surface area contributed by atoms with Gasteiger partial charge in [-0.1, -0.05) is 42.1 Å². The molecule has 1 atom stereocenters. The monoisotopic (exact) mass is 438 g/mol. The Kier molecular flexibility index (Phi) is 8.18. The van der Waals surface area contributed by atoms with Gasteiger partial charge in [0.25, 0.3) is 0 Å². The summed E-state index contributed by atoms with van der Waals surface area (Å²) in [6, 6.07) is 13.9. The van der Waals surface area contributed by atoms with E-state index in [1.54, 1.807) is 13.0 Å². The van der Waals surface area contributed by atoms with Crippen molar-refractivity contribution in [1.29, 1.82) is 5.26 Å². The Morgan fingerprint density at radius 1 is 1.35 bits per heavy atom. The quantitative estimate of drug-likeness (QED) is 0.500. The number of ether oxygens (including phenoxy) is 1. The number of Topliss-reactive ketones (excluding diaryl/α,β-unsaturated/α-hetero) is 1. The molecular formula is C23H26N4O3S. The van der Waals surface area contributed by atoms with E-state index in [-0.39, 0.29) is 23.5 Å². The molecule has 162 valence electrons. The molecule has 2 heterocycles. The van der Waals surface area contributed by atoms with Crippen molar-refractivity contribution in [3.8, 4) is 6.07 Å². The predicted molar refractivity (Wildman–Crippen MR) is 119 cm³/mol. The number of aromatic nitrogens is 1. The summed E-state index contributed by atoms with van der Waals surface area (Å²) in [6.07, 6.45) is -0.0590. The number of nitrogens with zero attached hydrogens (tertiary/aromatic N) is 3. The minimum Gasteiger partial charge on any atom is -0.374 e.